The molecule has 2 heteroatoms. The number of rotatable bonds is 7. The third kappa shape index (κ3) is 6.53. The Kier molecular flexibility index (Phi) is 6.70. The van der Waals surface area contributed by atoms with Crippen molar-refractivity contribution in [2.24, 2.45) is 5.41 Å². The summed E-state index contributed by atoms with van der Waals surface area (Å²) in [6.07, 6.45) is 1.16. The fraction of sp³-hybridized carbons (Fsp3) is 0.667. The fourth-order valence-corrected chi connectivity index (χ4v) is 2.28. The highest BCUT2D eigenvalue weighted by Gasteiger charge is 2.19. The monoisotopic (exact) mass is 276 g/mol. The maximum atomic E-state index is 3.74. The molecular formula is C18H32N2. The lowest BCUT2D eigenvalue weighted by Crippen LogP contribution is -2.36. The van der Waals surface area contributed by atoms with Gasteiger partial charge in [-0.25, -0.2) is 0 Å². The van der Waals surface area contributed by atoms with Gasteiger partial charge in [0.05, 0.1) is 0 Å². The molecule has 0 spiro atoms. The standard InChI is InChI=1S/C18H32N2/c1-15(2)20(6)13-12-19-17(14-18(3,4)5)16-10-8-7-9-11-16/h7-11,15,17,19H,12-14H2,1-6H3. The summed E-state index contributed by atoms with van der Waals surface area (Å²) in [5.74, 6) is 0. The van der Waals surface area contributed by atoms with Crippen molar-refractivity contribution >= 4 is 0 Å². The normalized spacial score (nSPS) is 14.0. The van der Waals surface area contributed by atoms with Crippen molar-refractivity contribution in [1.82, 2.24) is 10.2 Å². The molecule has 0 aliphatic rings. The summed E-state index contributed by atoms with van der Waals surface area (Å²) in [5.41, 5.74) is 1.73. The van der Waals surface area contributed by atoms with Crippen molar-refractivity contribution in [3.8, 4) is 0 Å². The summed E-state index contributed by atoms with van der Waals surface area (Å²) in [4.78, 5) is 2.38. The molecule has 0 bridgehead atoms. The molecule has 1 N–H and O–H groups in total. The van der Waals surface area contributed by atoms with Crippen LogP contribution in [0.5, 0.6) is 0 Å². The summed E-state index contributed by atoms with van der Waals surface area (Å²) in [5, 5.41) is 3.74. The molecular weight excluding hydrogens is 244 g/mol. The van der Waals surface area contributed by atoms with Gasteiger partial charge in [0.15, 0.2) is 0 Å². The van der Waals surface area contributed by atoms with E-state index in [-0.39, 0.29) is 0 Å². The summed E-state index contributed by atoms with van der Waals surface area (Å²) < 4.78 is 0. The smallest absolute Gasteiger partial charge is 0.0325 e. The fourth-order valence-electron chi connectivity index (χ4n) is 2.28. The molecule has 1 unspecified atom stereocenters. The van der Waals surface area contributed by atoms with Gasteiger partial charge >= 0.3 is 0 Å². The molecule has 0 saturated carbocycles. The molecule has 0 amide bonds. The molecule has 0 heterocycles. The first-order valence-electron chi connectivity index (χ1n) is 7.78. The molecule has 1 rings (SSSR count). The zero-order chi connectivity index (χ0) is 15.2. The van der Waals surface area contributed by atoms with Crippen LogP contribution in [-0.4, -0.2) is 31.1 Å². The average molecular weight is 276 g/mol. The Bertz CT molecular complexity index is 365. The van der Waals surface area contributed by atoms with E-state index in [4.69, 9.17) is 0 Å². The molecule has 0 radical (unpaired) electrons. The van der Waals surface area contributed by atoms with E-state index in [2.05, 4.69) is 82.2 Å². The van der Waals surface area contributed by atoms with Crippen LogP contribution in [0.3, 0.4) is 0 Å². The molecule has 114 valence electrons. The van der Waals surface area contributed by atoms with Gasteiger partial charge in [0.2, 0.25) is 0 Å². The van der Waals surface area contributed by atoms with Crippen molar-refractivity contribution in [3.05, 3.63) is 35.9 Å². The van der Waals surface area contributed by atoms with Gasteiger partial charge in [-0.2, -0.15) is 0 Å². The van der Waals surface area contributed by atoms with E-state index in [1.807, 2.05) is 0 Å². The second-order valence-corrected chi connectivity index (χ2v) is 7.26. The van der Waals surface area contributed by atoms with E-state index in [0.29, 0.717) is 17.5 Å². The summed E-state index contributed by atoms with van der Waals surface area (Å²) in [7, 11) is 2.19. The highest BCUT2D eigenvalue weighted by atomic mass is 15.1. The quantitative estimate of drug-likeness (QED) is 0.807. The van der Waals surface area contributed by atoms with Gasteiger partial charge in [-0.05, 0) is 38.3 Å². The zero-order valence-corrected chi connectivity index (χ0v) is 14.1. The van der Waals surface area contributed by atoms with Crippen LogP contribution in [0.2, 0.25) is 0 Å². The first-order valence-corrected chi connectivity index (χ1v) is 7.78. The van der Waals surface area contributed by atoms with Crippen LogP contribution >= 0.6 is 0 Å². The number of benzene rings is 1. The molecule has 20 heavy (non-hydrogen) atoms. The van der Waals surface area contributed by atoms with Crippen LogP contribution in [0.1, 0.15) is 52.6 Å². The van der Waals surface area contributed by atoms with Gasteiger partial charge in [0.25, 0.3) is 0 Å². The molecule has 0 aliphatic heterocycles. The van der Waals surface area contributed by atoms with Crippen molar-refractivity contribution < 1.29 is 0 Å². The number of likely N-dealkylation sites (N-methyl/N-ethyl adjacent to an activating group) is 1. The second-order valence-electron chi connectivity index (χ2n) is 7.26. The van der Waals surface area contributed by atoms with Crippen LogP contribution in [0, 0.1) is 5.41 Å². The van der Waals surface area contributed by atoms with E-state index in [1.165, 1.54) is 5.56 Å². The number of hydrogen-bond donors (Lipinski definition) is 1. The Labute approximate surface area is 125 Å². The maximum absolute atomic E-state index is 3.74. The largest absolute Gasteiger partial charge is 0.309 e. The third-order valence-corrected chi connectivity index (χ3v) is 3.76. The molecule has 0 saturated heterocycles. The van der Waals surface area contributed by atoms with Crippen molar-refractivity contribution in [3.63, 3.8) is 0 Å². The van der Waals surface area contributed by atoms with E-state index < -0.39 is 0 Å². The van der Waals surface area contributed by atoms with Gasteiger partial charge in [-0.15, -0.1) is 0 Å². The lowest BCUT2D eigenvalue weighted by Gasteiger charge is -2.29. The lowest BCUT2D eigenvalue weighted by molar-refractivity contribution is 0.256. The number of nitrogens with one attached hydrogen (secondary N) is 1. The van der Waals surface area contributed by atoms with Gasteiger partial charge in [0.1, 0.15) is 0 Å². The van der Waals surface area contributed by atoms with Gasteiger partial charge in [-0.1, -0.05) is 51.1 Å². The van der Waals surface area contributed by atoms with E-state index in [1.54, 1.807) is 0 Å². The minimum atomic E-state index is 0.331. The molecule has 2 nitrogen and oxygen atoms in total. The van der Waals surface area contributed by atoms with Crippen LogP contribution in [0.15, 0.2) is 30.3 Å². The Morgan fingerprint density at radius 2 is 1.70 bits per heavy atom. The van der Waals surface area contributed by atoms with Crippen molar-refractivity contribution in [2.75, 3.05) is 20.1 Å². The Balaban J connectivity index is 2.60. The van der Waals surface area contributed by atoms with Gasteiger partial charge in [0, 0.05) is 25.2 Å². The summed E-state index contributed by atoms with van der Waals surface area (Å²) in [6, 6.07) is 11.9. The molecule has 1 atom stereocenters. The molecule has 0 fully saturated rings. The molecule has 0 aliphatic carbocycles. The predicted octanol–water partition coefficient (Wildman–Crippen LogP) is 4.09. The van der Waals surface area contributed by atoms with Crippen LogP contribution in [0.4, 0.5) is 0 Å². The molecule has 1 aromatic carbocycles. The first kappa shape index (κ1) is 17.2. The lowest BCUT2D eigenvalue weighted by atomic mass is 9.85. The van der Waals surface area contributed by atoms with Crippen LogP contribution in [0.25, 0.3) is 0 Å². The Morgan fingerprint density at radius 3 is 2.20 bits per heavy atom. The van der Waals surface area contributed by atoms with E-state index in [0.717, 1.165) is 19.5 Å². The van der Waals surface area contributed by atoms with Gasteiger partial charge < -0.3 is 10.2 Å². The maximum Gasteiger partial charge on any atom is 0.0325 e. The Morgan fingerprint density at radius 1 is 1.10 bits per heavy atom. The third-order valence-electron chi connectivity index (χ3n) is 3.76. The average Bonchev–Trinajstić information content (AvgIpc) is 2.37. The van der Waals surface area contributed by atoms with Crippen molar-refractivity contribution in [2.45, 2.75) is 53.1 Å². The highest BCUT2D eigenvalue weighted by Crippen LogP contribution is 2.29. The SMILES string of the molecule is CC(C)N(C)CCNC(CC(C)(C)C)c1ccccc1. The molecule has 0 aromatic heterocycles. The minimum Gasteiger partial charge on any atom is -0.309 e. The molecule has 1 aromatic rings. The van der Waals surface area contributed by atoms with Gasteiger partial charge in [-0.3, -0.25) is 0 Å². The minimum absolute atomic E-state index is 0.331. The van der Waals surface area contributed by atoms with Crippen LogP contribution in [-0.2, 0) is 0 Å². The van der Waals surface area contributed by atoms with Crippen LogP contribution < -0.4 is 5.32 Å². The number of nitrogens with zero attached hydrogens (tertiary/aromatic N) is 1. The van der Waals surface area contributed by atoms with E-state index in [9.17, 15) is 0 Å². The highest BCUT2D eigenvalue weighted by molar-refractivity contribution is 5.19. The number of hydrogen-bond acceptors (Lipinski definition) is 2. The van der Waals surface area contributed by atoms with E-state index >= 15 is 0 Å². The topological polar surface area (TPSA) is 15.3 Å². The second kappa shape index (κ2) is 7.80. The van der Waals surface area contributed by atoms with Crippen molar-refractivity contribution in [1.29, 1.82) is 0 Å². The summed E-state index contributed by atoms with van der Waals surface area (Å²) in [6.45, 7) is 13.5. The Hall–Kier alpha value is -0.860. The summed E-state index contributed by atoms with van der Waals surface area (Å²) >= 11 is 0. The first-order chi connectivity index (χ1) is 9.29. The zero-order valence-electron chi connectivity index (χ0n) is 14.1. The predicted molar refractivity (Wildman–Crippen MR) is 89.0 cm³/mol.